The van der Waals surface area contributed by atoms with Gasteiger partial charge in [-0.05, 0) is 48.6 Å². The number of para-hydroxylation sites is 1. The van der Waals surface area contributed by atoms with Crippen LogP contribution in [-0.4, -0.2) is 11.8 Å². The molecule has 4 N–H and O–H groups in total. The van der Waals surface area contributed by atoms with Crippen molar-refractivity contribution in [3.63, 3.8) is 0 Å². The number of hydrogen-bond acceptors (Lipinski definition) is 3. The molecule has 0 spiro atoms. The summed E-state index contributed by atoms with van der Waals surface area (Å²) < 4.78 is 0. The summed E-state index contributed by atoms with van der Waals surface area (Å²) in [5, 5.41) is 5.94. The van der Waals surface area contributed by atoms with Crippen LogP contribution in [0.2, 0.25) is 0 Å². The number of amides is 2. The first-order valence-electron chi connectivity index (χ1n) is 10.1. The van der Waals surface area contributed by atoms with Crippen molar-refractivity contribution >= 4 is 23.2 Å². The number of carbonyl (C=O) groups excluding carboxylic acids is 2. The molecule has 0 saturated heterocycles. The summed E-state index contributed by atoms with van der Waals surface area (Å²) in [5.41, 5.74) is 9.40. The van der Waals surface area contributed by atoms with Gasteiger partial charge in [-0.15, -0.1) is 0 Å². The number of nitrogens with two attached hydrogens (primary N) is 1. The van der Waals surface area contributed by atoms with E-state index in [-0.39, 0.29) is 17.7 Å². The van der Waals surface area contributed by atoms with Crippen LogP contribution in [-0.2, 0) is 22.6 Å². The summed E-state index contributed by atoms with van der Waals surface area (Å²) in [4.78, 5) is 24.4. The highest BCUT2D eigenvalue weighted by atomic mass is 16.2. The van der Waals surface area contributed by atoms with Crippen LogP contribution >= 0.6 is 0 Å². The largest absolute Gasteiger partial charge is 0.399 e. The SMILES string of the molecule is Nc1ccccc1CCC(=O)Nc1ccc(CNC(=O)C2CCCCC2)cc1. The minimum Gasteiger partial charge on any atom is -0.399 e. The fourth-order valence-electron chi connectivity index (χ4n) is 3.64. The lowest BCUT2D eigenvalue weighted by molar-refractivity contribution is -0.126. The molecule has 2 aromatic carbocycles. The van der Waals surface area contributed by atoms with E-state index < -0.39 is 0 Å². The summed E-state index contributed by atoms with van der Waals surface area (Å²) in [6.07, 6.45) is 6.57. The Morgan fingerprint density at radius 1 is 0.964 bits per heavy atom. The average Bonchev–Trinajstić information content (AvgIpc) is 2.73. The molecule has 2 aromatic rings. The number of carbonyl (C=O) groups is 2. The lowest BCUT2D eigenvalue weighted by Crippen LogP contribution is -2.31. The normalized spacial score (nSPS) is 14.4. The molecule has 0 atom stereocenters. The summed E-state index contributed by atoms with van der Waals surface area (Å²) in [6.45, 7) is 0.525. The summed E-state index contributed by atoms with van der Waals surface area (Å²) in [5.74, 6) is 0.296. The number of benzene rings is 2. The Labute approximate surface area is 166 Å². The van der Waals surface area contributed by atoms with Gasteiger partial charge in [-0.2, -0.15) is 0 Å². The van der Waals surface area contributed by atoms with E-state index in [4.69, 9.17) is 5.73 Å². The van der Waals surface area contributed by atoms with Crippen molar-refractivity contribution in [3.05, 3.63) is 59.7 Å². The maximum atomic E-state index is 12.2. The van der Waals surface area contributed by atoms with E-state index in [1.807, 2.05) is 48.5 Å². The van der Waals surface area contributed by atoms with Gasteiger partial charge in [-0.3, -0.25) is 9.59 Å². The third-order valence-corrected chi connectivity index (χ3v) is 5.36. The smallest absolute Gasteiger partial charge is 0.224 e. The highest BCUT2D eigenvalue weighted by molar-refractivity contribution is 5.90. The number of anilines is 2. The van der Waals surface area contributed by atoms with Crippen molar-refractivity contribution in [3.8, 4) is 0 Å². The fourth-order valence-corrected chi connectivity index (χ4v) is 3.64. The van der Waals surface area contributed by atoms with Crippen molar-refractivity contribution in [2.75, 3.05) is 11.1 Å². The molecule has 2 amide bonds. The van der Waals surface area contributed by atoms with Gasteiger partial charge in [0.15, 0.2) is 0 Å². The molecule has 3 rings (SSSR count). The van der Waals surface area contributed by atoms with Crippen LogP contribution < -0.4 is 16.4 Å². The van der Waals surface area contributed by atoms with Gasteiger partial charge in [0.2, 0.25) is 11.8 Å². The third kappa shape index (κ3) is 5.84. The zero-order valence-corrected chi connectivity index (χ0v) is 16.2. The number of rotatable bonds is 7. The molecule has 0 aliphatic heterocycles. The summed E-state index contributed by atoms with van der Waals surface area (Å²) >= 11 is 0. The first kappa shape index (κ1) is 19.9. The van der Waals surface area contributed by atoms with Crippen LogP contribution in [0.4, 0.5) is 11.4 Å². The molecule has 0 unspecified atom stereocenters. The molecule has 0 bridgehead atoms. The van der Waals surface area contributed by atoms with Crippen LogP contribution in [0.15, 0.2) is 48.5 Å². The van der Waals surface area contributed by atoms with E-state index in [1.165, 1.54) is 6.42 Å². The minimum absolute atomic E-state index is 0.0402. The fraction of sp³-hybridized carbons (Fsp3) is 0.391. The first-order chi connectivity index (χ1) is 13.6. The lowest BCUT2D eigenvalue weighted by Gasteiger charge is -2.20. The third-order valence-electron chi connectivity index (χ3n) is 5.36. The topological polar surface area (TPSA) is 84.2 Å². The van der Waals surface area contributed by atoms with E-state index in [2.05, 4.69) is 10.6 Å². The molecule has 0 heterocycles. The highest BCUT2D eigenvalue weighted by Gasteiger charge is 2.20. The molecule has 28 heavy (non-hydrogen) atoms. The first-order valence-corrected chi connectivity index (χ1v) is 10.1. The Morgan fingerprint density at radius 2 is 1.68 bits per heavy atom. The maximum Gasteiger partial charge on any atom is 0.224 e. The van der Waals surface area contributed by atoms with Gasteiger partial charge < -0.3 is 16.4 Å². The van der Waals surface area contributed by atoms with Crippen LogP contribution in [0.5, 0.6) is 0 Å². The quantitative estimate of drug-likeness (QED) is 0.635. The second kappa shape index (κ2) is 9.93. The van der Waals surface area contributed by atoms with Crippen molar-refractivity contribution in [1.29, 1.82) is 0 Å². The summed E-state index contributed by atoms with van der Waals surface area (Å²) in [7, 11) is 0. The molecule has 148 valence electrons. The maximum absolute atomic E-state index is 12.2. The van der Waals surface area contributed by atoms with Crippen molar-refractivity contribution in [1.82, 2.24) is 5.32 Å². The predicted octanol–water partition coefficient (Wildman–Crippen LogP) is 4.04. The standard InChI is InChI=1S/C23H29N3O2/c24-21-9-5-4-6-18(21)12-15-22(27)26-20-13-10-17(11-14-20)16-25-23(28)19-7-2-1-3-8-19/h4-6,9-11,13-14,19H,1-3,7-8,12,15-16,24H2,(H,25,28)(H,26,27). The van der Waals surface area contributed by atoms with Crippen molar-refractivity contribution < 1.29 is 9.59 Å². The van der Waals surface area contributed by atoms with Gasteiger partial charge in [0, 0.05) is 30.3 Å². The molecule has 5 nitrogen and oxygen atoms in total. The van der Waals surface area contributed by atoms with E-state index in [0.29, 0.717) is 19.4 Å². The van der Waals surface area contributed by atoms with Gasteiger partial charge in [0.05, 0.1) is 0 Å². The lowest BCUT2D eigenvalue weighted by atomic mass is 9.88. The van der Waals surface area contributed by atoms with E-state index >= 15 is 0 Å². The van der Waals surface area contributed by atoms with Gasteiger partial charge in [0.1, 0.15) is 0 Å². The van der Waals surface area contributed by atoms with Crippen LogP contribution in [0.25, 0.3) is 0 Å². The second-order valence-electron chi connectivity index (χ2n) is 7.50. The molecule has 1 saturated carbocycles. The molecular weight excluding hydrogens is 350 g/mol. The van der Waals surface area contributed by atoms with Crippen molar-refractivity contribution in [2.45, 2.75) is 51.5 Å². The second-order valence-corrected chi connectivity index (χ2v) is 7.50. The number of nitrogens with one attached hydrogen (secondary N) is 2. The van der Waals surface area contributed by atoms with Gasteiger partial charge in [-0.25, -0.2) is 0 Å². The highest BCUT2D eigenvalue weighted by Crippen LogP contribution is 2.23. The van der Waals surface area contributed by atoms with Crippen molar-refractivity contribution in [2.24, 2.45) is 5.92 Å². The Bertz CT molecular complexity index is 796. The van der Waals surface area contributed by atoms with E-state index in [9.17, 15) is 9.59 Å². The molecule has 1 aliphatic carbocycles. The Balaban J connectivity index is 1.42. The number of hydrogen-bond donors (Lipinski definition) is 3. The van der Waals surface area contributed by atoms with Gasteiger partial charge >= 0.3 is 0 Å². The van der Waals surface area contributed by atoms with Gasteiger partial charge in [0.25, 0.3) is 0 Å². The van der Waals surface area contributed by atoms with E-state index in [1.54, 1.807) is 0 Å². The molecule has 5 heteroatoms. The Morgan fingerprint density at radius 3 is 2.39 bits per heavy atom. The van der Waals surface area contributed by atoms with Crippen LogP contribution in [0.3, 0.4) is 0 Å². The van der Waals surface area contributed by atoms with Crippen LogP contribution in [0.1, 0.15) is 49.7 Å². The Hall–Kier alpha value is -2.82. The summed E-state index contributed by atoms with van der Waals surface area (Å²) in [6, 6.07) is 15.2. The van der Waals surface area contributed by atoms with E-state index in [0.717, 1.165) is 48.2 Å². The molecule has 0 radical (unpaired) electrons. The average molecular weight is 380 g/mol. The molecular formula is C23H29N3O2. The van der Waals surface area contributed by atoms with Gasteiger partial charge in [-0.1, -0.05) is 49.6 Å². The monoisotopic (exact) mass is 379 g/mol. The molecule has 1 aliphatic rings. The van der Waals surface area contributed by atoms with Crippen LogP contribution in [0, 0.1) is 5.92 Å². The Kier molecular flexibility index (Phi) is 7.06. The molecule has 1 fully saturated rings. The zero-order chi connectivity index (χ0) is 19.8. The number of nitrogen functional groups attached to an aromatic ring is 1. The minimum atomic E-state index is -0.0402. The number of aryl methyl sites for hydroxylation is 1. The predicted molar refractivity (Wildman–Crippen MR) is 113 cm³/mol. The molecule has 0 aromatic heterocycles. The zero-order valence-electron chi connectivity index (χ0n) is 16.2.